The first-order valence-corrected chi connectivity index (χ1v) is 10.8. The van der Waals surface area contributed by atoms with Gasteiger partial charge in [0.2, 0.25) is 0 Å². The van der Waals surface area contributed by atoms with Crippen LogP contribution in [0.3, 0.4) is 0 Å². The fourth-order valence-corrected chi connectivity index (χ4v) is 4.82. The highest BCUT2D eigenvalue weighted by Crippen LogP contribution is 2.46. The standard InChI is InChI=1S/C23H23F2N5O2/c1-3-32-22(31)23(2)7-5-4-6-18(23)30-12-17(25)16-11-28-20(29-21(16)30)15-10-27-19-14(15)8-13(24)9-26-19/h8-12,18H,3-7H2,1-2H3,(H,26,27)/t18-,23-/m1/s1. The average Bonchev–Trinajstić information content (AvgIpc) is 3.34. The Labute approximate surface area is 182 Å². The van der Waals surface area contributed by atoms with Crippen LogP contribution in [-0.4, -0.2) is 37.1 Å². The Morgan fingerprint density at radius 3 is 2.94 bits per heavy atom. The Balaban J connectivity index is 1.66. The Hall–Kier alpha value is -3.36. The molecule has 9 heteroatoms. The van der Waals surface area contributed by atoms with Crippen molar-refractivity contribution in [1.29, 1.82) is 0 Å². The Morgan fingerprint density at radius 1 is 1.28 bits per heavy atom. The number of carbonyl (C=O) groups excluding carboxylic acids is 1. The summed E-state index contributed by atoms with van der Waals surface area (Å²) in [6.07, 6.45) is 8.81. The van der Waals surface area contributed by atoms with E-state index in [9.17, 15) is 13.6 Å². The van der Waals surface area contributed by atoms with Crippen molar-refractivity contribution < 1.29 is 18.3 Å². The third-order valence-corrected chi connectivity index (χ3v) is 6.50. The number of hydrogen-bond donors (Lipinski definition) is 1. The van der Waals surface area contributed by atoms with Crippen molar-refractivity contribution in [3.63, 3.8) is 0 Å². The number of ether oxygens (including phenoxy) is 1. The van der Waals surface area contributed by atoms with Crippen LogP contribution in [0.25, 0.3) is 33.5 Å². The van der Waals surface area contributed by atoms with Crippen LogP contribution in [0.5, 0.6) is 0 Å². The van der Waals surface area contributed by atoms with Gasteiger partial charge in [0.25, 0.3) is 0 Å². The number of hydrogen-bond acceptors (Lipinski definition) is 5. The Morgan fingerprint density at radius 2 is 2.12 bits per heavy atom. The van der Waals surface area contributed by atoms with Gasteiger partial charge in [-0.25, -0.2) is 23.7 Å². The topological polar surface area (TPSA) is 85.7 Å². The highest BCUT2D eigenvalue weighted by atomic mass is 19.1. The van der Waals surface area contributed by atoms with Gasteiger partial charge < -0.3 is 14.3 Å². The van der Waals surface area contributed by atoms with Gasteiger partial charge in [0, 0.05) is 29.5 Å². The fourth-order valence-electron chi connectivity index (χ4n) is 4.82. The number of aromatic amines is 1. The molecule has 0 saturated heterocycles. The molecule has 2 atom stereocenters. The molecule has 1 N–H and O–H groups in total. The summed E-state index contributed by atoms with van der Waals surface area (Å²) >= 11 is 0. The zero-order chi connectivity index (χ0) is 22.5. The predicted molar refractivity (Wildman–Crippen MR) is 115 cm³/mol. The summed E-state index contributed by atoms with van der Waals surface area (Å²) in [4.78, 5) is 28.9. The molecule has 32 heavy (non-hydrogen) atoms. The number of nitrogens with zero attached hydrogens (tertiary/aromatic N) is 4. The maximum atomic E-state index is 14.9. The van der Waals surface area contributed by atoms with Gasteiger partial charge in [-0.05, 0) is 32.8 Å². The quantitative estimate of drug-likeness (QED) is 0.456. The smallest absolute Gasteiger partial charge is 0.313 e. The number of H-pyrrole nitrogens is 1. The zero-order valence-electron chi connectivity index (χ0n) is 17.9. The minimum absolute atomic E-state index is 0.273. The summed E-state index contributed by atoms with van der Waals surface area (Å²) in [6.45, 7) is 3.95. The predicted octanol–water partition coefficient (Wildman–Crippen LogP) is 4.94. The molecular weight excluding hydrogens is 416 g/mol. The molecule has 1 aliphatic carbocycles. The van der Waals surface area contributed by atoms with E-state index in [2.05, 4.69) is 19.9 Å². The lowest BCUT2D eigenvalue weighted by molar-refractivity contribution is -0.159. The summed E-state index contributed by atoms with van der Waals surface area (Å²) in [5, 5.41) is 0.812. The van der Waals surface area contributed by atoms with Crippen molar-refractivity contribution in [3.8, 4) is 11.4 Å². The molecule has 4 aromatic heterocycles. The first-order chi connectivity index (χ1) is 15.4. The van der Waals surface area contributed by atoms with Crippen LogP contribution < -0.4 is 0 Å². The molecule has 0 unspecified atom stereocenters. The van der Waals surface area contributed by atoms with Crippen molar-refractivity contribution in [1.82, 2.24) is 24.5 Å². The van der Waals surface area contributed by atoms with Crippen molar-refractivity contribution in [2.75, 3.05) is 6.61 Å². The van der Waals surface area contributed by atoms with E-state index in [4.69, 9.17) is 4.74 Å². The number of nitrogens with one attached hydrogen (secondary N) is 1. The van der Waals surface area contributed by atoms with E-state index < -0.39 is 17.0 Å². The molecule has 166 valence electrons. The molecule has 0 aromatic carbocycles. The van der Waals surface area contributed by atoms with Crippen LogP contribution in [0.1, 0.15) is 45.6 Å². The van der Waals surface area contributed by atoms with E-state index >= 15 is 0 Å². The van der Waals surface area contributed by atoms with Gasteiger partial charge in [-0.15, -0.1) is 0 Å². The normalized spacial score (nSPS) is 21.3. The second-order valence-corrected chi connectivity index (χ2v) is 8.47. The van der Waals surface area contributed by atoms with E-state index in [1.54, 1.807) is 17.7 Å². The van der Waals surface area contributed by atoms with E-state index in [1.807, 2.05) is 6.92 Å². The maximum absolute atomic E-state index is 14.9. The maximum Gasteiger partial charge on any atom is 0.313 e. The number of aromatic nitrogens is 5. The summed E-state index contributed by atoms with van der Waals surface area (Å²) in [5.41, 5.74) is 0.687. The lowest BCUT2D eigenvalue weighted by atomic mass is 9.71. The summed E-state index contributed by atoms with van der Waals surface area (Å²) in [6, 6.07) is 1.06. The molecule has 0 aliphatic heterocycles. The minimum atomic E-state index is -0.786. The van der Waals surface area contributed by atoms with Gasteiger partial charge in [0.15, 0.2) is 11.6 Å². The Bertz CT molecular complexity index is 1330. The van der Waals surface area contributed by atoms with E-state index in [-0.39, 0.29) is 17.4 Å². The van der Waals surface area contributed by atoms with Gasteiger partial charge in [-0.2, -0.15) is 0 Å². The van der Waals surface area contributed by atoms with Crippen LogP contribution in [-0.2, 0) is 9.53 Å². The van der Waals surface area contributed by atoms with Crippen LogP contribution in [0, 0.1) is 17.0 Å². The van der Waals surface area contributed by atoms with Gasteiger partial charge in [0.1, 0.15) is 17.1 Å². The molecule has 4 aromatic rings. The fraction of sp³-hybridized carbons (Fsp3) is 0.391. The number of fused-ring (bicyclic) bond motifs is 2. The molecule has 4 heterocycles. The van der Waals surface area contributed by atoms with Crippen LogP contribution in [0.15, 0.2) is 30.9 Å². The molecule has 1 saturated carbocycles. The first-order valence-electron chi connectivity index (χ1n) is 10.8. The molecule has 7 nitrogen and oxygen atoms in total. The third kappa shape index (κ3) is 3.14. The number of halogens is 2. The number of carbonyl (C=O) groups is 1. The van der Waals surface area contributed by atoms with Gasteiger partial charge in [-0.1, -0.05) is 12.8 Å². The molecule has 5 rings (SSSR count). The highest BCUT2D eigenvalue weighted by molar-refractivity contribution is 5.92. The molecular formula is C23H23F2N5O2. The lowest BCUT2D eigenvalue weighted by Gasteiger charge is -2.40. The van der Waals surface area contributed by atoms with Crippen molar-refractivity contribution in [3.05, 3.63) is 42.5 Å². The van der Waals surface area contributed by atoms with Crippen LogP contribution >= 0.6 is 0 Å². The SMILES string of the molecule is CCOC(=O)[C@]1(C)CCCC[C@H]1n1cc(F)c2cnc(-c3c[nH]c4ncc(F)cc34)nc21. The molecule has 1 fully saturated rings. The van der Waals surface area contributed by atoms with Gasteiger partial charge in [-0.3, -0.25) is 4.79 Å². The number of rotatable bonds is 4. The van der Waals surface area contributed by atoms with Gasteiger partial charge >= 0.3 is 5.97 Å². The van der Waals surface area contributed by atoms with Crippen molar-refractivity contribution in [2.24, 2.45) is 5.41 Å². The second-order valence-electron chi connectivity index (χ2n) is 8.47. The van der Waals surface area contributed by atoms with E-state index in [0.717, 1.165) is 19.0 Å². The molecule has 0 bridgehead atoms. The van der Waals surface area contributed by atoms with Gasteiger partial charge in [0.05, 0.1) is 29.6 Å². The van der Waals surface area contributed by atoms with E-state index in [1.165, 1.54) is 18.5 Å². The Kier molecular flexibility index (Phi) is 4.91. The lowest BCUT2D eigenvalue weighted by Crippen LogP contribution is -2.41. The largest absolute Gasteiger partial charge is 0.466 e. The zero-order valence-corrected chi connectivity index (χ0v) is 17.9. The first kappa shape index (κ1) is 20.5. The molecule has 1 aliphatic rings. The second kappa shape index (κ2) is 7.65. The van der Waals surface area contributed by atoms with E-state index in [0.29, 0.717) is 47.5 Å². The summed E-state index contributed by atoms with van der Waals surface area (Å²) < 4.78 is 35.8. The number of pyridine rings is 1. The third-order valence-electron chi connectivity index (χ3n) is 6.50. The molecule has 0 radical (unpaired) electrons. The van der Waals surface area contributed by atoms with Crippen LogP contribution in [0.2, 0.25) is 0 Å². The summed E-state index contributed by atoms with van der Waals surface area (Å²) in [5.74, 6) is -0.875. The van der Waals surface area contributed by atoms with Crippen LogP contribution in [0.4, 0.5) is 8.78 Å². The highest BCUT2D eigenvalue weighted by Gasteiger charge is 2.46. The summed E-state index contributed by atoms with van der Waals surface area (Å²) in [7, 11) is 0. The number of esters is 1. The monoisotopic (exact) mass is 439 g/mol. The van der Waals surface area contributed by atoms with Crippen molar-refractivity contribution in [2.45, 2.75) is 45.6 Å². The minimum Gasteiger partial charge on any atom is -0.466 e. The molecule has 0 amide bonds. The molecule has 0 spiro atoms. The van der Waals surface area contributed by atoms with Crippen molar-refractivity contribution >= 4 is 28.0 Å². The average molecular weight is 439 g/mol.